The van der Waals surface area contributed by atoms with Crippen LogP contribution >= 0.6 is 27.3 Å². The van der Waals surface area contributed by atoms with Gasteiger partial charge in [0, 0.05) is 20.8 Å². The van der Waals surface area contributed by atoms with Crippen LogP contribution in [0.5, 0.6) is 5.75 Å². The van der Waals surface area contributed by atoms with Crippen LogP contribution in [0.1, 0.15) is 23.4 Å². The van der Waals surface area contributed by atoms with Gasteiger partial charge >= 0.3 is 0 Å². The summed E-state index contributed by atoms with van der Waals surface area (Å²) in [5.41, 5.74) is 1.33. The van der Waals surface area contributed by atoms with Crippen molar-refractivity contribution in [2.45, 2.75) is 19.4 Å². The van der Waals surface area contributed by atoms with Crippen LogP contribution in [-0.4, -0.2) is 13.7 Å². The Labute approximate surface area is 126 Å². The smallest absolute Gasteiger partial charge is 0.129 e. The first kappa shape index (κ1) is 14.6. The van der Waals surface area contributed by atoms with Crippen LogP contribution in [0.25, 0.3) is 0 Å². The van der Waals surface area contributed by atoms with Crippen molar-refractivity contribution in [2.24, 2.45) is 0 Å². The molecule has 19 heavy (non-hydrogen) atoms. The summed E-state index contributed by atoms with van der Waals surface area (Å²) in [5.74, 6) is 0.943. The summed E-state index contributed by atoms with van der Waals surface area (Å²) >= 11 is 5.22. The highest BCUT2D eigenvalue weighted by Crippen LogP contribution is 2.29. The summed E-state index contributed by atoms with van der Waals surface area (Å²) in [7, 11) is 1.71. The predicted molar refractivity (Wildman–Crippen MR) is 85.1 cm³/mol. The van der Waals surface area contributed by atoms with Gasteiger partial charge in [0.2, 0.25) is 0 Å². The fraction of sp³-hybridized carbons (Fsp3) is 0.333. The fourth-order valence-corrected chi connectivity index (χ4v) is 3.20. The lowest BCUT2D eigenvalue weighted by molar-refractivity contribution is 0.415. The first-order valence-electron chi connectivity index (χ1n) is 6.33. The maximum Gasteiger partial charge on any atom is 0.129 e. The highest BCUT2D eigenvalue weighted by atomic mass is 79.9. The third-order valence-electron chi connectivity index (χ3n) is 2.98. The molecule has 1 heterocycles. The second-order valence-electron chi connectivity index (χ2n) is 4.33. The van der Waals surface area contributed by atoms with Crippen LogP contribution in [0.3, 0.4) is 0 Å². The van der Waals surface area contributed by atoms with Crippen LogP contribution in [-0.2, 0) is 6.42 Å². The number of nitrogens with one attached hydrogen (secondary N) is 1. The molecule has 102 valence electrons. The summed E-state index contributed by atoms with van der Waals surface area (Å²) in [6.07, 6.45) is 0.991. The van der Waals surface area contributed by atoms with Gasteiger partial charge in [-0.15, -0.1) is 11.3 Å². The number of hydrogen-bond acceptors (Lipinski definition) is 3. The molecule has 1 aromatic heterocycles. The van der Waals surface area contributed by atoms with Crippen molar-refractivity contribution in [1.82, 2.24) is 5.32 Å². The molecule has 1 aromatic carbocycles. The maximum atomic E-state index is 5.27. The van der Waals surface area contributed by atoms with Gasteiger partial charge in [-0.05, 0) is 36.7 Å². The summed E-state index contributed by atoms with van der Waals surface area (Å²) in [6, 6.07) is 11.0. The zero-order valence-corrected chi connectivity index (χ0v) is 13.6. The molecule has 0 aliphatic rings. The van der Waals surface area contributed by atoms with Crippen molar-refractivity contribution in [3.63, 3.8) is 0 Å². The van der Waals surface area contributed by atoms with Crippen LogP contribution in [0.4, 0.5) is 0 Å². The standard InChI is InChI=1S/C15H18BrNOS/c1-3-17-14(15-9-13(18-2)10-19-15)8-11-4-6-12(16)7-5-11/h4-7,9-10,14,17H,3,8H2,1-2H3. The number of ether oxygens (including phenoxy) is 1. The molecule has 0 saturated heterocycles. The molecule has 2 aromatic rings. The quantitative estimate of drug-likeness (QED) is 0.841. The topological polar surface area (TPSA) is 21.3 Å². The van der Waals surface area contributed by atoms with Gasteiger partial charge in [-0.25, -0.2) is 0 Å². The first-order valence-corrected chi connectivity index (χ1v) is 8.00. The monoisotopic (exact) mass is 339 g/mol. The molecule has 0 fully saturated rings. The van der Waals surface area contributed by atoms with Gasteiger partial charge < -0.3 is 10.1 Å². The Hall–Kier alpha value is -0.840. The van der Waals surface area contributed by atoms with Gasteiger partial charge in [-0.1, -0.05) is 35.0 Å². The van der Waals surface area contributed by atoms with Gasteiger partial charge in [0.05, 0.1) is 7.11 Å². The first-order chi connectivity index (χ1) is 9.22. The number of thiophene rings is 1. The van der Waals surface area contributed by atoms with Crippen LogP contribution in [0.15, 0.2) is 40.2 Å². The lowest BCUT2D eigenvalue weighted by Gasteiger charge is -2.16. The van der Waals surface area contributed by atoms with E-state index in [0.29, 0.717) is 6.04 Å². The maximum absolute atomic E-state index is 5.27. The highest BCUT2D eigenvalue weighted by molar-refractivity contribution is 9.10. The minimum atomic E-state index is 0.347. The number of likely N-dealkylation sites (N-methyl/N-ethyl adjacent to an activating group) is 1. The van der Waals surface area contributed by atoms with Crippen LogP contribution < -0.4 is 10.1 Å². The molecule has 0 amide bonds. The van der Waals surface area contributed by atoms with Gasteiger partial charge in [0.15, 0.2) is 0 Å². The molecule has 1 N–H and O–H groups in total. The summed E-state index contributed by atoms with van der Waals surface area (Å²) in [5, 5.41) is 5.60. The van der Waals surface area contributed by atoms with Crippen LogP contribution in [0, 0.1) is 0 Å². The van der Waals surface area contributed by atoms with E-state index in [2.05, 4.69) is 63.9 Å². The second-order valence-corrected chi connectivity index (χ2v) is 6.19. The number of benzene rings is 1. The molecule has 0 bridgehead atoms. The Bertz CT molecular complexity index is 509. The van der Waals surface area contributed by atoms with Gasteiger partial charge in [-0.3, -0.25) is 0 Å². The van der Waals surface area contributed by atoms with Crippen molar-refractivity contribution in [1.29, 1.82) is 0 Å². The third kappa shape index (κ3) is 4.06. The minimum absolute atomic E-state index is 0.347. The van der Waals surface area contributed by atoms with Gasteiger partial charge in [0.25, 0.3) is 0 Å². The third-order valence-corrected chi connectivity index (χ3v) is 4.53. The van der Waals surface area contributed by atoms with E-state index in [0.717, 1.165) is 23.2 Å². The molecule has 0 aliphatic carbocycles. The predicted octanol–water partition coefficient (Wildman–Crippen LogP) is 4.41. The van der Waals surface area contributed by atoms with Crippen LogP contribution in [0.2, 0.25) is 0 Å². The number of methoxy groups -OCH3 is 1. The zero-order valence-electron chi connectivity index (χ0n) is 11.2. The molecule has 2 nitrogen and oxygen atoms in total. The van der Waals surface area contributed by atoms with Crippen molar-refractivity contribution >= 4 is 27.3 Å². The van der Waals surface area contributed by atoms with E-state index in [1.165, 1.54) is 10.4 Å². The van der Waals surface area contributed by atoms with E-state index in [1.54, 1.807) is 18.4 Å². The molecule has 1 atom stereocenters. The molecule has 1 unspecified atom stereocenters. The van der Waals surface area contributed by atoms with E-state index in [-0.39, 0.29) is 0 Å². The number of halogens is 1. The summed E-state index contributed by atoms with van der Waals surface area (Å²) in [4.78, 5) is 1.32. The van der Waals surface area contributed by atoms with Gasteiger partial charge in [0.1, 0.15) is 5.75 Å². The highest BCUT2D eigenvalue weighted by Gasteiger charge is 2.14. The van der Waals surface area contributed by atoms with Gasteiger partial charge in [-0.2, -0.15) is 0 Å². The molecule has 0 spiro atoms. The SMILES string of the molecule is CCNC(Cc1ccc(Br)cc1)c1cc(OC)cs1. The summed E-state index contributed by atoms with van der Waals surface area (Å²) in [6.45, 7) is 3.10. The summed E-state index contributed by atoms with van der Waals surface area (Å²) < 4.78 is 6.39. The van der Waals surface area contributed by atoms with E-state index in [9.17, 15) is 0 Å². The average Bonchev–Trinajstić information content (AvgIpc) is 2.89. The molecule has 2 rings (SSSR count). The normalized spacial score (nSPS) is 12.4. The molecule has 4 heteroatoms. The minimum Gasteiger partial charge on any atom is -0.496 e. The van der Waals surface area contributed by atoms with Crippen molar-refractivity contribution in [3.05, 3.63) is 50.6 Å². The number of rotatable bonds is 6. The molecule has 0 aliphatic heterocycles. The van der Waals surface area contributed by atoms with E-state index in [1.807, 2.05) is 0 Å². The van der Waals surface area contributed by atoms with Crippen molar-refractivity contribution in [3.8, 4) is 5.75 Å². The zero-order chi connectivity index (χ0) is 13.7. The molecular weight excluding hydrogens is 322 g/mol. The molecule has 0 saturated carbocycles. The Balaban J connectivity index is 2.13. The average molecular weight is 340 g/mol. The Kier molecular flexibility index (Phi) is 5.43. The Morgan fingerprint density at radius 2 is 2.05 bits per heavy atom. The lowest BCUT2D eigenvalue weighted by atomic mass is 10.0. The number of hydrogen-bond donors (Lipinski definition) is 1. The van der Waals surface area contributed by atoms with E-state index in [4.69, 9.17) is 4.74 Å². The Morgan fingerprint density at radius 3 is 2.63 bits per heavy atom. The molecule has 0 radical (unpaired) electrons. The second kappa shape index (κ2) is 7.08. The van der Waals surface area contributed by atoms with E-state index < -0.39 is 0 Å². The van der Waals surface area contributed by atoms with E-state index >= 15 is 0 Å². The fourth-order valence-electron chi connectivity index (χ4n) is 2.00. The Morgan fingerprint density at radius 1 is 1.32 bits per heavy atom. The lowest BCUT2D eigenvalue weighted by Crippen LogP contribution is -2.22. The largest absolute Gasteiger partial charge is 0.496 e. The van der Waals surface area contributed by atoms with Crippen molar-refractivity contribution in [2.75, 3.05) is 13.7 Å². The van der Waals surface area contributed by atoms with Crippen molar-refractivity contribution < 1.29 is 4.74 Å². The molecular formula is C15H18BrNOS.